The molecule has 9 heteroatoms. The predicted molar refractivity (Wildman–Crippen MR) is 107 cm³/mol. The Morgan fingerprint density at radius 2 is 1.93 bits per heavy atom. The molecule has 2 aromatic rings. The van der Waals surface area contributed by atoms with E-state index in [4.69, 9.17) is 0 Å². The van der Waals surface area contributed by atoms with Gasteiger partial charge in [0, 0.05) is 24.2 Å². The van der Waals surface area contributed by atoms with E-state index >= 15 is 0 Å². The third kappa shape index (κ3) is 4.63. The molecular weight excluding hydrogens is 397 g/mol. The van der Waals surface area contributed by atoms with Crippen LogP contribution in [-0.4, -0.2) is 42.5 Å². The zero-order valence-corrected chi connectivity index (χ0v) is 16.7. The van der Waals surface area contributed by atoms with Crippen molar-refractivity contribution in [2.24, 2.45) is 5.10 Å². The molecule has 154 valence electrons. The lowest BCUT2D eigenvalue weighted by molar-refractivity contribution is 0.0954. The Bertz CT molecular complexity index is 1050. The van der Waals surface area contributed by atoms with Crippen LogP contribution >= 0.6 is 0 Å². The van der Waals surface area contributed by atoms with Gasteiger partial charge in [0.05, 0.1) is 10.6 Å². The Hall–Kier alpha value is -2.78. The summed E-state index contributed by atoms with van der Waals surface area (Å²) in [5, 5.41) is 13.9. The lowest BCUT2D eigenvalue weighted by atomic mass is 10.1. The fraction of sp³-hybridized carbons (Fsp3) is 0.300. The SMILES string of the molecule is CC/C(=N\NC(=O)c1cccc(S(=O)(=O)N2CCCC2)c1)c1cc(F)ccc1O. The molecule has 29 heavy (non-hydrogen) atoms. The van der Waals surface area contributed by atoms with Crippen LogP contribution < -0.4 is 5.43 Å². The molecule has 2 aromatic carbocycles. The standard InChI is InChI=1S/C20H22FN3O4S/c1-2-18(17-13-15(21)8-9-19(17)25)22-23-20(26)14-6-5-7-16(12-14)29(27,28)24-10-3-4-11-24/h5-9,12-13,25H,2-4,10-11H2,1H3,(H,23,26)/b22-18+. The summed E-state index contributed by atoms with van der Waals surface area (Å²) in [6.07, 6.45) is 1.97. The number of amides is 1. The number of nitrogens with zero attached hydrogens (tertiary/aromatic N) is 2. The molecule has 3 rings (SSSR count). The Morgan fingerprint density at radius 3 is 2.62 bits per heavy atom. The van der Waals surface area contributed by atoms with Crippen molar-refractivity contribution in [3.05, 3.63) is 59.4 Å². The van der Waals surface area contributed by atoms with Crippen molar-refractivity contribution in [1.82, 2.24) is 9.73 Å². The Kier molecular flexibility index (Phi) is 6.29. The van der Waals surface area contributed by atoms with Crippen LogP contribution in [0.25, 0.3) is 0 Å². The van der Waals surface area contributed by atoms with Gasteiger partial charge in [-0.3, -0.25) is 4.79 Å². The molecule has 0 spiro atoms. The molecule has 2 N–H and O–H groups in total. The van der Waals surface area contributed by atoms with E-state index < -0.39 is 21.7 Å². The van der Waals surface area contributed by atoms with Gasteiger partial charge in [-0.15, -0.1) is 0 Å². The number of hydrogen-bond acceptors (Lipinski definition) is 5. The Balaban J connectivity index is 1.82. The van der Waals surface area contributed by atoms with Crippen molar-refractivity contribution in [2.45, 2.75) is 31.1 Å². The summed E-state index contributed by atoms with van der Waals surface area (Å²) in [7, 11) is -3.64. The number of hydrazone groups is 1. The summed E-state index contributed by atoms with van der Waals surface area (Å²) >= 11 is 0. The summed E-state index contributed by atoms with van der Waals surface area (Å²) < 4.78 is 40.2. The molecule has 0 atom stereocenters. The van der Waals surface area contributed by atoms with Gasteiger partial charge in [0.1, 0.15) is 11.6 Å². The number of phenolic OH excluding ortho intramolecular Hbond substituents is 1. The highest BCUT2D eigenvalue weighted by atomic mass is 32.2. The first-order chi connectivity index (χ1) is 13.8. The molecule has 1 saturated heterocycles. The molecule has 1 aliphatic rings. The van der Waals surface area contributed by atoms with E-state index in [2.05, 4.69) is 10.5 Å². The topological polar surface area (TPSA) is 99.1 Å². The van der Waals surface area contributed by atoms with Crippen LogP contribution in [0.15, 0.2) is 52.5 Å². The highest BCUT2D eigenvalue weighted by molar-refractivity contribution is 7.89. The van der Waals surface area contributed by atoms with E-state index in [1.807, 2.05) is 0 Å². The number of sulfonamides is 1. The van der Waals surface area contributed by atoms with E-state index in [9.17, 15) is 22.7 Å². The van der Waals surface area contributed by atoms with Crippen molar-refractivity contribution in [1.29, 1.82) is 0 Å². The molecule has 0 aliphatic carbocycles. The zero-order valence-electron chi connectivity index (χ0n) is 15.9. The largest absolute Gasteiger partial charge is 0.507 e. The fourth-order valence-electron chi connectivity index (χ4n) is 3.13. The van der Waals surface area contributed by atoms with E-state index in [0.29, 0.717) is 19.5 Å². The summed E-state index contributed by atoms with van der Waals surface area (Å²) in [5.41, 5.74) is 2.95. The van der Waals surface area contributed by atoms with Crippen LogP contribution in [-0.2, 0) is 10.0 Å². The van der Waals surface area contributed by atoms with Crippen molar-refractivity contribution in [3.63, 3.8) is 0 Å². The molecule has 1 heterocycles. The quantitative estimate of drug-likeness (QED) is 0.556. The van der Waals surface area contributed by atoms with E-state index in [1.165, 1.54) is 34.6 Å². The third-order valence-electron chi connectivity index (χ3n) is 4.70. The highest BCUT2D eigenvalue weighted by Gasteiger charge is 2.27. The average Bonchev–Trinajstić information content (AvgIpc) is 3.26. The number of aromatic hydroxyl groups is 1. The van der Waals surface area contributed by atoms with Crippen LogP contribution in [0.1, 0.15) is 42.1 Å². The average molecular weight is 419 g/mol. The molecule has 0 unspecified atom stereocenters. The van der Waals surface area contributed by atoms with Gasteiger partial charge < -0.3 is 5.11 Å². The molecule has 1 aliphatic heterocycles. The first-order valence-electron chi connectivity index (χ1n) is 9.29. The molecule has 0 aromatic heterocycles. The number of hydrogen-bond donors (Lipinski definition) is 2. The normalized spacial score (nSPS) is 15.4. The maximum absolute atomic E-state index is 13.5. The van der Waals surface area contributed by atoms with Crippen molar-refractivity contribution in [2.75, 3.05) is 13.1 Å². The molecule has 1 amide bonds. The van der Waals surface area contributed by atoms with Gasteiger partial charge in [-0.2, -0.15) is 9.41 Å². The lowest BCUT2D eigenvalue weighted by Gasteiger charge is -2.15. The number of rotatable bonds is 6. The van der Waals surface area contributed by atoms with Crippen LogP contribution in [0.4, 0.5) is 4.39 Å². The molecule has 0 bridgehead atoms. The Morgan fingerprint density at radius 1 is 1.21 bits per heavy atom. The fourth-order valence-corrected chi connectivity index (χ4v) is 4.69. The zero-order chi connectivity index (χ0) is 21.0. The van der Waals surface area contributed by atoms with Crippen LogP contribution in [0, 0.1) is 5.82 Å². The van der Waals surface area contributed by atoms with Gasteiger partial charge in [0.25, 0.3) is 5.91 Å². The van der Waals surface area contributed by atoms with Gasteiger partial charge in [0.15, 0.2) is 0 Å². The number of halogens is 1. The van der Waals surface area contributed by atoms with E-state index in [-0.39, 0.29) is 27.5 Å². The van der Waals surface area contributed by atoms with Gasteiger partial charge in [-0.25, -0.2) is 18.2 Å². The summed E-state index contributed by atoms with van der Waals surface area (Å²) in [4.78, 5) is 12.5. The molecule has 0 radical (unpaired) electrons. The predicted octanol–water partition coefficient (Wildman–Crippen LogP) is 2.86. The maximum Gasteiger partial charge on any atom is 0.271 e. The first-order valence-corrected chi connectivity index (χ1v) is 10.7. The number of phenols is 1. The second-order valence-corrected chi connectivity index (χ2v) is 8.59. The van der Waals surface area contributed by atoms with Gasteiger partial charge in [0.2, 0.25) is 10.0 Å². The van der Waals surface area contributed by atoms with Crippen molar-refractivity contribution < 1.29 is 22.7 Å². The molecule has 7 nitrogen and oxygen atoms in total. The van der Waals surface area contributed by atoms with Crippen LogP contribution in [0.2, 0.25) is 0 Å². The maximum atomic E-state index is 13.5. The number of benzene rings is 2. The van der Waals surface area contributed by atoms with E-state index in [0.717, 1.165) is 25.0 Å². The summed E-state index contributed by atoms with van der Waals surface area (Å²) in [6, 6.07) is 9.22. The second-order valence-electron chi connectivity index (χ2n) is 6.65. The molecule has 1 fully saturated rings. The van der Waals surface area contributed by atoms with Crippen molar-refractivity contribution >= 4 is 21.6 Å². The van der Waals surface area contributed by atoms with Crippen LogP contribution in [0.3, 0.4) is 0 Å². The summed E-state index contributed by atoms with van der Waals surface area (Å²) in [5.74, 6) is -1.30. The minimum absolute atomic E-state index is 0.0505. The first kappa shape index (κ1) is 20.9. The van der Waals surface area contributed by atoms with Crippen molar-refractivity contribution in [3.8, 4) is 5.75 Å². The summed E-state index contributed by atoms with van der Waals surface area (Å²) in [6.45, 7) is 2.69. The third-order valence-corrected chi connectivity index (χ3v) is 6.59. The highest BCUT2D eigenvalue weighted by Crippen LogP contribution is 2.22. The number of nitrogens with one attached hydrogen (secondary N) is 1. The lowest BCUT2D eigenvalue weighted by Crippen LogP contribution is -2.28. The smallest absolute Gasteiger partial charge is 0.271 e. The second kappa shape index (κ2) is 8.71. The number of carbonyl (C=O) groups excluding carboxylic acids is 1. The minimum atomic E-state index is -3.64. The number of carbonyl (C=O) groups is 1. The monoisotopic (exact) mass is 419 g/mol. The van der Waals surface area contributed by atoms with Gasteiger partial charge in [-0.1, -0.05) is 13.0 Å². The van der Waals surface area contributed by atoms with Gasteiger partial charge >= 0.3 is 0 Å². The van der Waals surface area contributed by atoms with E-state index in [1.54, 1.807) is 6.92 Å². The minimum Gasteiger partial charge on any atom is -0.507 e. The van der Waals surface area contributed by atoms with Gasteiger partial charge in [-0.05, 0) is 55.7 Å². The Labute approximate surface area is 168 Å². The molecular formula is C20H22FN3O4S. The molecule has 0 saturated carbocycles. The van der Waals surface area contributed by atoms with Crippen LogP contribution in [0.5, 0.6) is 5.75 Å².